The van der Waals surface area contributed by atoms with E-state index in [9.17, 15) is 14.5 Å². The number of nitrogens with one attached hydrogen (secondary N) is 2. The number of anilines is 1. The second-order valence-electron chi connectivity index (χ2n) is 4.10. The maximum absolute atomic E-state index is 13.7. The number of benzene rings is 1. The van der Waals surface area contributed by atoms with Gasteiger partial charge in [0.2, 0.25) is 0 Å². The number of hydrogen-bond acceptors (Lipinski definition) is 5. The molecule has 0 saturated carbocycles. The molecule has 2 N–H and O–H groups in total. The number of nitrogens with zero attached hydrogens (tertiary/aromatic N) is 1. The number of nitro benzene ring substituents is 1. The molecule has 1 aromatic rings. The molecule has 1 heterocycles. The van der Waals surface area contributed by atoms with Crippen molar-refractivity contribution < 1.29 is 14.1 Å². The Morgan fingerprint density at radius 1 is 1.61 bits per heavy atom. The fourth-order valence-electron chi connectivity index (χ4n) is 1.96. The van der Waals surface area contributed by atoms with E-state index in [-0.39, 0.29) is 23.2 Å². The van der Waals surface area contributed by atoms with Gasteiger partial charge in [-0.1, -0.05) is 0 Å². The summed E-state index contributed by atoms with van der Waals surface area (Å²) in [5.74, 6) is -0.593. The minimum Gasteiger partial charge on any atom is -0.490 e. The second-order valence-corrected chi connectivity index (χ2v) is 4.10. The fourth-order valence-corrected chi connectivity index (χ4v) is 1.96. The molecule has 6 nitrogen and oxygen atoms in total. The average Bonchev–Trinajstić information content (AvgIpc) is 2.83. The molecule has 1 aromatic carbocycles. The number of halogens is 1. The second kappa shape index (κ2) is 5.18. The van der Waals surface area contributed by atoms with Crippen molar-refractivity contribution in [2.75, 3.05) is 25.5 Å². The average molecular weight is 255 g/mol. The van der Waals surface area contributed by atoms with Gasteiger partial charge in [-0.05, 0) is 13.0 Å². The number of nitro groups is 1. The van der Waals surface area contributed by atoms with Gasteiger partial charge in [0.1, 0.15) is 0 Å². The molecule has 18 heavy (non-hydrogen) atoms. The summed E-state index contributed by atoms with van der Waals surface area (Å²) < 4.78 is 18.6. The minimum absolute atomic E-state index is 0.0508. The van der Waals surface area contributed by atoms with Gasteiger partial charge in [-0.3, -0.25) is 10.1 Å². The van der Waals surface area contributed by atoms with Crippen molar-refractivity contribution in [3.05, 3.63) is 28.1 Å². The lowest BCUT2D eigenvalue weighted by molar-refractivity contribution is -0.385. The number of rotatable bonds is 4. The van der Waals surface area contributed by atoms with Gasteiger partial charge in [0.05, 0.1) is 23.8 Å². The Morgan fingerprint density at radius 2 is 2.39 bits per heavy atom. The summed E-state index contributed by atoms with van der Waals surface area (Å²) >= 11 is 0. The molecule has 0 bridgehead atoms. The summed E-state index contributed by atoms with van der Waals surface area (Å²) in [7, 11) is 1.32. The van der Waals surface area contributed by atoms with E-state index < -0.39 is 10.7 Å². The van der Waals surface area contributed by atoms with Crippen LogP contribution in [0.4, 0.5) is 15.8 Å². The summed E-state index contributed by atoms with van der Waals surface area (Å²) in [4.78, 5) is 10.1. The predicted molar refractivity (Wildman–Crippen MR) is 64.5 cm³/mol. The van der Waals surface area contributed by atoms with E-state index in [4.69, 9.17) is 4.74 Å². The first kappa shape index (κ1) is 12.6. The van der Waals surface area contributed by atoms with Crippen LogP contribution < -0.4 is 15.4 Å². The van der Waals surface area contributed by atoms with Crippen LogP contribution in [0.5, 0.6) is 5.75 Å². The number of methoxy groups -OCH3 is 1. The molecule has 98 valence electrons. The van der Waals surface area contributed by atoms with Gasteiger partial charge in [0.15, 0.2) is 11.6 Å². The highest BCUT2D eigenvalue weighted by molar-refractivity contribution is 5.59. The van der Waals surface area contributed by atoms with E-state index in [0.717, 1.165) is 25.6 Å². The van der Waals surface area contributed by atoms with Crippen molar-refractivity contribution in [1.29, 1.82) is 0 Å². The molecule has 0 amide bonds. The molecule has 1 fully saturated rings. The lowest BCUT2D eigenvalue weighted by atomic mass is 10.2. The zero-order chi connectivity index (χ0) is 13.1. The number of hydrogen-bond donors (Lipinski definition) is 2. The van der Waals surface area contributed by atoms with Gasteiger partial charge >= 0.3 is 5.69 Å². The summed E-state index contributed by atoms with van der Waals surface area (Å²) in [6.45, 7) is 1.63. The molecular weight excluding hydrogens is 241 g/mol. The maximum Gasteiger partial charge on any atom is 0.313 e. The van der Waals surface area contributed by atoms with Crippen LogP contribution in [0, 0.1) is 15.9 Å². The van der Waals surface area contributed by atoms with Crippen LogP contribution in [0.3, 0.4) is 0 Å². The largest absolute Gasteiger partial charge is 0.490 e. The predicted octanol–water partition coefficient (Wildman–Crippen LogP) is 1.52. The third kappa shape index (κ3) is 2.51. The lowest BCUT2D eigenvalue weighted by Gasteiger charge is -2.14. The highest BCUT2D eigenvalue weighted by atomic mass is 19.1. The first-order valence-electron chi connectivity index (χ1n) is 5.61. The van der Waals surface area contributed by atoms with Crippen molar-refractivity contribution in [1.82, 2.24) is 5.32 Å². The third-order valence-corrected chi connectivity index (χ3v) is 2.89. The van der Waals surface area contributed by atoms with Crippen molar-refractivity contribution >= 4 is 11.4 Å². The SMILES string of the molecule is COc1cc(NC2CCNC2)c(F)cc1[N+](=O)[O-]. The molecular formula is C11H14FN3O3. The quantitative estimate of drug-likeness (QED) is 0.630. The Balaban J connectivity index is 2.27. The first-order chi connectivity index (χ1) is 8.61. The maximum atomic E-state index is 13.7. The Morgan fingerprint density at radius 3 is 2.94 bits per heavy atom. The van der Waals surface area contributed by atoms with Crippen LogP contribution in [-0.2, 0) is 0 Å². The van der Waals surface area contributed by atoms with Gasteiger partial charge in [0.25, 0.3) is 0 Å². The number of ether oxygens (including phenoxy) is 1. The lowest BCUT2D eigenvalue weighted by Crippen LogP contribution is -2.22. The van der Waals surface area contributed by atoms with Gasteiger partial charge in [-0.2, -0.15) is 0 Å². The van der Waals surface area contributed by atoms with E-state index in [2.05, 4.69) is 10.6 Å². The summed E-state index contributed by atoms with van der Waals surface area (Å²) in [6.07, 6.45) is 0.888. The van der Waals surface area contributed by atoms with Gasteiger partial charge in [-0.15, -0.1) is 0 Å². The van der Waals surface area contributed by atoms with Crippen molar-refractivity contribution in [3.63, 3.8) is 0 Å². The molecule has 1 unspecified atom stereocenters. The highest BCUT2D eigenvalue weighted by Gasteiger charge is 2.21. The van der Waals surface area contributed by atoms with Gasteiger partial charge in [-0.25, -0.2) is 4.39 Å². The van der Waals surface area contributed by atoms with E-state index in [1.54, 1.807) is 0 Å². The fraction of sp³-hybridized carbons (Fsp3) is 0.455. The summed E-state index contributed by atoms with van der Waals surface area (Å²) in [6, 6.07) is 2.33. The Labute approximate surface area is 103 Å². The zero-order valence-corrected chi connectivity index (χ0v) is 9.90. The first-order valence-corrected chi connectivity index (χ1v) is 5.61. The smallest absolute Gasteiger partial charge is 0.313 e. The van der Waals surface area contributed by atoms with E-state index in [0.29, 0.717) is 0 Å². The molecule has 7 heteroatoms. The van der Waals surface area contributed by atoms with Crippen LogP contribution >= 0.6 is 0 Å². The Hall–Kier alpha value is -1.89. The molecule has 0 aliphatic carbocycles. The normalized spacial score (nSPS) is 18.7. The van der Waals surface area contributed by atoms with Gasteiger partial charge < -0.3 is 15.4 Å². The molecule has 0 radical (unpaired) electrons. The van der Waals surface area contributed by atoms with E-state index >= 15 is 0 Å². The molecule has 1 atom stereocenters. The molecule has 2 rings (SSSR count). The Kier molecular flexibility index (Phi) is 3.61. The van der Waals surface area contributed by atoms with Crippen LogP contribution in [0.2, 0.25) is 0 Å². The van der Waals surface area contributed by atoms with E-state index in [1.165, 1.54) is 13.2 Å². The van der Waals surface area contributed by atoms with Gasteiger partial charge in [0, 0.05) is 18.7 Å². The summed E-state index contributed by atoms with van der Waals surface area (Å²) in [5, 5.41) is 16.9. The topological polar surface area (TPSA) is 76.4 Å². The van der Waals surface area contributed by atoms with Crippen molar-refractivity contribution in [2.45, 2.75) is 12.5 Å². The van der Waals surface area contributed by atoms with Crippen LogP contribution in [-0.4, -0.2) is 31.2 Å². The van der Waals surface area contributed by atoms with Crippen LogP contribution in [0.25, 0.3) is 0 Å². The summed E-state index contributed by atoms with van der Waals surface area (Å²) in [5.41, 5.74) is -0.142. The molecule has 1 aliphatic heterocycles. The van der Waals surface area contributed by atoms with E-state index in [1.807, 2.05) is 0 Å². The molecule has 0 aromatic heterocycles. The Bertz CT molecular complexity index is 461. The molecule has 1 aliphatic rings. The standard InChI is InChI=1S/C11H14FN3O3/c1-18-11-5-9(14-7-2-3-13-6-7)8(12)4-10(11)15(16)17/h4-5,7,13-14H,2-3,6H2,1H3. The minimum atomic E-state index is -0.664. The van der Waals surface area contributed by atoms with Crippen molar-refractivity contribution in [2.24, 2.45) is 0 Å². The molecule has 0 spiro atoms. The molecule has 1 saturated heterocycles. The van der Waals surface area contributed by atoms with Crippen LogP contribution in [0.1, 0.15) is 6.42 Å². The monoisotopic (exact) mass is 255 g/mol. The highest BCUT2D eigenvalue weighted by Crippen LogP contribution is 2.32. The van der Waals surface area contributed by atoms with Crippen molar-refractivity contribution in [3.8, 4) is 5.75 Å². The van der Waals surface area contributed by atoms with Crippen LogP contribution in [0.15, 0.2) is 12.1 Å². The zero-order valence-electron chi connectivity index (χ0n) is 9.90. The third-order valence-electron chi connectivity index (χ3n) is 2.89.